The van der Waals surface area contributed by atoms with E-state index in [0.29, 0.717) is 5.69 Å². The van der Waals surface area contributed by atoms with Gasteiger partial charge in [-0.05, 0) is 38.0 Å². The van der Waals surface area contributed by atoms with Crippen molar-refractivity contribution < 1.29 is 9.59 Å². The smallest absolute Gasteiger partial charge is 0.329 e. The van der Waals surface area contributed by atoms with E-state index < -0.39 is 6.04 Å². The molecule has 0 radical (unpaired) electrons. The average Bonchev–Trinajstić information content (AvgIpc) is 3.00. The molecule has 5 heteroatoms. The molecule has 19 heavy (non-hydrogen) atoms. The summed E-state index contributed by atoms with van der Waals surface area (Å²) in [5.74, 6) is -0.191. The first-order valence-electron chi connectivity index (χ1n) is 6.66. The second-order valence-corrected chi connectivity index (χ2v) is 5.06. The Bertz CT molecular complexity index is 523. The molecule has 2 aliphatic rings. The first kappa shape index (κ1) is 12.0. The van der Waals surface area contributed by atoms with Crippen molar-refractivity contribution in [3.05, 3.63) is 24.3 Å². The average molecular weight is 259 g/mol. The highest BCUT2D eigenvalue weighted by molar-refractivity contribution is 6.21. The Morgan fingerprint density at radius 2 is 1.84 bits per heavy atom. The molecule has 3 amide bonds. The number of amides is 3. The number of anilines is 2. The van der Waals surface area contributed by atoms with Gasteiger partial charge in [0.25, 0.3) is 5.91 Å². The molecule has 1 atom stereocenters. The first-order chi connectivity index (χ1) is 9.16. The van der Waals surface area contributed by atoms with Gasteiger partial charge in [0.15, 0.2) is 0 Å². The van der Waals surface area contributed by atoms with Crippen LogP contribution in [0.4, 0.5) is 16.2 Å². The van der Waals surface area contributed by atoms with Gasteiger partial charge in [-0.3, -0.25) is 4.79 Å². The van der Waals surface area contributed by atoms with Crippen LogP contribution in [0.5, 0.6) is 0 Å². The van der Waals surface area contributed by atoms with Crippen molar-refractivity contribution in [3.63, 3.8) is 0 Å². The molecule has 0 aliphatic carbocycles. The quantitative estimate of drug-likeness (QED) is 0.823. The third kappa shape index (κ3) is 2.05. The van der Waals surface area contributed by atoms with Crippen LogP contribution in [0.15, 0.2) is 24.3 Å². The highest BCUT2D eigenvalue weighted by Gasteiger charge is 2.36. The van der Waals surface area contributed by atoms with E-state index in [1.165, 1.54) is 17.7 Å². The normalized spacial score (nSPS) is 23.1. The standard InChI is InChI=1S/C14H17N3O2/c1-10-13(18)17(14(19)15-10)12-6-4-5-11(9-12)16-7-2-3-8-16/h4-6,9-10H,2-3,7-8H2,1H3,(H,15,19). The van der Waals surface area contributed by atoms with Crippen LogP contribution in [0.2, 0.25) is 0 Å². The molecule has 1 aromatic carbocycles. The fraction of sp³-hybridized carbons (Fsp3) is 0.429. The van der Waals surface area contributed by atoms with Crippen LogP contribution in [-0.2, 0) is 4.79 Å². The molecule has 2 saturated heterocycles. The summed E-state index contributed by atoms with van der Waals surface area (Å²) in [6.45, 7) is 3.78. The Hall–Kier alpha value is -2.04. The van der Waals surface area contributed by atoms with Crippen LogP contribution in [0, 0.1) is 0 Å². The van der Waals surface area contributed by atoms with Crippen molar-refractivity contribution in [2.24, 2.45) is 0 Å². The number of carbonyl (C=O) groups excluding carboxylic acids is 2. The highest BCUT2D eigenvalue weighted by Crippen LogP contribution is 2.27. The third-order valence-corrected chi connectivity index (χ3v) is 3.69. The van der Waals surface area contributed by atoms with Crippen LogP contribution in [-0.4, -0.2) is 31.1 Å². The number of imide groups is 1. The predicted molar refractivity (Wildman–Crippen MR) is 73.4 cm³/mol. The molecular formula is C14H17N3O2. The van der Waals surface area contributed by atoms with Gasteiger partial charge in [-0.25, -0.2) is 9.69 Å². The number of carbonyl (C=O) groups is 2. The largest absolute Gasteiger partial charge is 0.371 e. The number of rotatable bonds is 2. The Morgan fingerprint density at radius 1 is 1.16 bits per heavy atom. The maximum atomic E-state index is 12.0. The molecule has 0 spiro atoms. The Balaban J connectivity index is 1.90. The summed E-state index contributed by atoms with van der Waals surface area (Å²) >= 11 is 0. The van der Waals surface area contributed by atoms with Crippen molar-refractivity contribution in [1.29, 1.82) is 0 Å². The van der Waals surface area contributed by atoms with Crippen molar-refractivity contribution in [1.82, 2.24) is 5.32 Å². The minimum Gasteiger partial charge on any atom is -0.371 e. The highest BCUT2D eigenvalue weighted by atomic mass is 16.2. The molecule has 1 aromatic rings. The van der Waals surface area contributed by atoms with Crippen molar-refractivity contribution >= 4 is 23.3 Å². The van der Waals surface area contributed by atoms with Gasteiger partial charge in [-0.2, -0.15) is 0 Å². The lowest BCUT2D eigenvalue weighted by Gasteiger charge is -2.20. The number of benzene rings is 1. The lowest BCUT2D eigenvalue weighted by molar-refractivity contribution is -0.117. The topological polar surface area (TPSA) is 52.7 Å². The molecule has 0 aromatic heterocycles. The van der Waals surface area contributed by atoms with Crippen molar-refractivity contribution in [3.8, 4) is 0 Å². The van der Waals surface area contributed by atoms with E-state index in [1.54, 1.807) is 13.0 Å². The van der Waals surface area contributed by atoms with E-state index in [9.17, 15) is 9.59 Å². The first-order valence-corrected chi connectivity index (χ1v) is 6.66. The van der Waals surface area contributed by atoms with Gasteiger partial charge in [-0.1, -0.05) is 6.07 Å². The number of hydrogen-bond donors (Lipinski definition) is 1. The van der Waals surface area contributed by atoms with Gasteiger partial charge < -0.3 is 10.2 Å². The number of hydrogen-bond acceptors (Lipinski definition) is 3. The summed E-state index contributed by atoms with van der Waals surface area (Å²) in [5.41, 5.74) is 1.73. The maximum absolute atomic E-state index is 12.0. The van der Waals surface area contributed by atoms with E-state index in [4.69, 9.17) is 0 Å². The van der Waals surface area contributed by atoms with Gasteiger partial charge in [0.1, 0.15) is 6.04 Å². The minimum absolute atomic E-state index is 0.191. The lowest BCUT2D eigenvalue weighted by atomic mass is 10.2. The zero-order valence-corrected chi connectivity index (χ0v) is 10.9. The molecule has 1 N–H and O–H groups in total. The molecule has 100 valence electrons. The Morgan fingerprint density at radius 3 is 2.47 bits per heavy atom. The maximum Gasteiger partial charge on any atom is 0.329 e. The summed E-state index contributed by atoms with van der Waals surface area (Å²) in [7, 11) is 0. The summed E-state index contributed by atoms with van der Waals surface area (Å²) in [6.07, 6.45) is 2.40. The minimum atomic E-state index is -0.442. The zero-order valence-electron chi connectivity index (χ0n) is 10.9. The SMILES string of the molecule is CC1NC(=O)N(c2cccc(N3CCCC3)c2)C1=O. The van der Waals surface area contributed by atoms with Crippen LogP contribution >= 0.6 is 0 Å². The fourth-order valence-electron chi connectivity index (χ4n) is 2.65. The van der Waals surface area contributed by atoms with Crippen LogP contribution in [0.25, 0.3) is 0 Å². The number of urea groups is 1. The van der Waals surface area contributed by atoms with E-state index >= 15 is 0 Å². The van der Waals surface area contributed by atoms with Crippen molar-refractivity contribution in [2.75, 3.05) is 22.9 Å². The summed E-state index contributed by atoms with van der Waals surface area (Å²) in [6, 6.07) is 6.86. The van der Waals surface area contributed by atoms with Gasteiger partial charge >= 0.3 is 6.03 Å². The second kappa shape index (κ2) is 4.57. The molecule has 2 aliphatic heterocycles. The zero-order chi connectivity index (χ0) is 13.4. The molecular weight excluding hydrogens is 242 g/mol. The fourth-order valence-corrected chi connectivity index (χ4v) is 2.65. The van der Waals surface area contributed by atoms with Gasteiger partial charge in [0, 0.05) is 18.8 Å². The monoisotopic (exact) mass is 259 g/mol. The van der Waals surface area contributed by atoms with Gasteiger partial charge in [0.05, 0.1) is 5.69 Å². The van der Waals surface area contributed by atoms with Crippen molar-refractivity contribution in [2.45, 2.75) is 25.8 Å². The van der Waals surface area contributed by atoms with E-state index in [2.05, 4.69) is 10.2 Å². The molecule has 2 heterocycles. The van der Waals surface area contributed by atoms with Crippen LogP contribution in [0.3, 0.4) is 0 Å². The van der Waals surface area contributed by atoms with Crippen LogP contribution < -0.4 is 15.1 Å². The Kier molecular flexibility index (Phi) is 2.89. The summed E-state index contributed by atoms with van der Waals surface area (Å²) in [4.78, 5) is 27.3. The van der Waals surface area contributed by atoms with Gasteiger partial charge in [-0.15, -0.1) is 0 Å². The van der Waals surface area contributed by atoms with E-state index in [-0.39, 0.29) is 11.9 Å². The van der Waals surface area contributed by atoms with E-state index in [0.717, 1.165) is 18.8 Å². The van der Waals surface area contributed by atoms with Crippen LogP contribution in [0.1, 0.15) is 19.8 Å². The second-order valence-electron chi connectivity index (χ2n) is 5.06. The predicted octanol–water partition coefficient (Wildman–Crippen LogP) is 1.73. The third-order valence-electron chi connectivity index (χ3n) is 3.69. The number of nitrogens with zero attached hydrogens (tertiary/aromatic N) is 2. The lowest BCUT2D eigenvalue weighted by Crippen LogP contribution is -2.31. The molecule has 0 saturated carbocycles. The molecule has 5 nitrogen and oxygen atoms in total. The van der Waals surface area contributed by atoms with E-state index in [1.807, 2.05) is 18.2 Å². The molecule has 2 fully saturated rings. The summed E-state index contributed by atoms with van der Waals surface area (Å²) < 4.78 is 0. The molecule has 0 bridgehead atoms. The Labute approximate surface area is 112 Å². The molecule has 1 unspecified atom stereocenters. The van der Waals surface area contributed by atoms with Gasteiger partial charge in [0.2, 0.25) is 0 Å². The summed E-state index contributed by atoms with van der Waals surface area (Å²) in [5, 5.41) is 2.63. The molecule has 3 rings (SSSR count). The number of nitrogens with one attached hydrogen (secondary N) is 1.